The lowest BCUT2D eigenvalue weighted by Crippen LogP contribution is -2.35. The first kappa shape index (κ1) is 20.7. The van der Waals surface area contributed by atoms with Gasteiger partial charge in [0.2, 0.25) is 5.91 Å². The summed E-state index contributed by atoms with van der Waals surface area (Å²) in [4.78, 5) is 19.8. The third-order valence-corrected chi connectivity index (χ3v) is 4.93. The van der Waals surface area contributed by atoms with Crippen molar-refractivity contribution in [1.82, 2.24) is 14.5 Å². The van der Waals surface area contributed by atoms with Crippen LogP contribution in [-0.2, 0) is 11.3 Å². The largest absolute Gasteiger partial charge is 0.493 e. The zero-order valence-electron chi connectivity index (χ0n) is 17.6. The Morgan fingerprint density at radius 1 is 1.00 bits per heavy atom. The van der Waals surface area contributed by atoms with Gasteiger partial charge >= 0.3 is 0 Å². The molecule has 0 unspecified atom stereocenters. The van der Waals surface area contributed by atoms with Crippen LogP contribution in [0.4, 0.5) is 0 Å². The van der Waals surface area contributed by atoms with Crippen LogP contribution in [0, 0.1) is 0 Å². The Kier molecular flexibility index (Phi) is 6.75. The number of rotatable bonds is 9. The summed E-state index contributed by atoms with van der Waals surface area (Å²) in [7, 11) is 3.23. The van der Waals surface area contributed by atoms with E-state index in [1.165, 1.54) is 0 Å². The number of ether oxygens (including phenoxy) is 2. The number of benzene rings is 2. The first-order valence-electron chi connectivity index (χ1n) is 10.1. The molecule has 29 heavy (non-hydrogen) atoms. The number of nitrogens with zero attached hydrogens (tertiary/aromatic N) is 3. The molecule has 3 aromatic rings. The maximum absolute atomic E-state index is 13.1. The van der Waals surface area contributed by atoms with E-state index in [4.69, 9.17) is 14.5 Å². The molecule has 6 nitrogen and oxygen atoms in total. The topological polar surface area (TPSA) is 56.6 Å². The van der Waals surface area contributed by atoms with Crippen LogP contribution in [0.15, 0.2) is 42.5 Å². The standard InChI is InChI=1S/C23H29N3O3/c1-5-13-25(14-6-2)22(27)16-26-19-10-8-7-9-18(19)24-23(26)17-11-12-20(28-3)21(15-17)29-4/h7-12,15H,5-6,13-14,16H2,1-4H3. The SMILES string of the molecule is CCCN(CCC)C(=O)Cn1c(-c2ccc(OC)c(OC)c2)nc2ccccc21. The van der Waals surface area contributed by atoms with Crippen LogP contribution in [0.3, 0.4) is 0 Å². The van der Waals surface area contributed by atoms with E-state index in [0.717, 1.165) is 48.4 Å². The van der Waals surface area contributed by atoms with E-state index < -0.39 is 0 Å². The predicted molar refractivity (Wildman–Crippen MR) is 115 cm³/mol. The van der Waals surface area contributed by atoms with Crippen molar-refractivity contribution < 1.29 is 14.3 Å². The Balaban J connectivity index is 2.06. The minimum Gasteiger partial charge on any atom is -0.493 e. The average Bonchev–Trinajstić information content (AvgIpc) is 3.11. The average molecular weight is 396 g/mol. The highest BCUT2D eigenvalue weighted by Crippen LogP contribution is 2.33. The molecule has 0 aliphatic heterocycles. The second-order valence-corrected chi connectivity index (χ2v) is 6.96. The normalized spacial score (nSPS) is 10.9. The summed E-state index contributed by atoms with van der Waals surface area (Å²) in [5.74, 6) is 2.15. The quantitative estimate of drug-likeness (QED) is 0.540. The molecule has 0 fully saturated rings. The van der Waals surface area contributed by atoms with Gasteiger partial charge in [-0.1, -0.05) is 26.0 Å². The van der Waals surface area contributed by atoms with Gasteiger partial charge in [-0.05, 0) is 43.2 Å². The number of para-hydroxylation sites is 2. The zero-order chi connectivity index (χ0) is 20.8. The number of carbonyl (C=O) groups excluding carboxylic acids is 1. The lowest BCUT2D eigenvalue weighted by atomic mass is 10.2. The Labute approximate surface area is 172 Å². The first-order valence-corrected chi connectivity index (χ1v) is 10.1. The zero-order valence-corrected chi connectivity index (χ0v) is 17.6. The maximum atomic E-state index is 13.1. The number of amides is 1. The second kappa shape index (κ2) is 9.45. The van der Waals surface area contributed by atoms with Gasteiger partial charge in [-0.2, -0.15) is 0 Å². The van der Waals surface area contributed by atoms with Gasteiger partial charge in [0, 0.05) is 18.7 Å². The summed E-state index contributed by atoms with van der Waals surface area (Å²) in [5, 5.41) is 0. The van der Waals surface area contributed by atoms with Crippen molar-refractivity contribution in [2.45, 2.75) is 33.2 Å². The van der Waals surface area contributed by atoms with Gasteiger partial charge in [-0.15, -0.1) is 0 Å². The molecule has 2 aromatic carbocycles. The highest BCUT2D eigenvalue weighted by atomic mass is 16.5. The van der Waals surface area contributed by atoms with Crippen molar-refractivity contribution in [3.63, 3.8) is 0 Å². The molecule has 0 aliphatic rings. The number of fused-ring (bicyclic) bond motifs is 1. The second-order valence-electron chi connectivity index (χ2n) is 6.96. The summed E-state index contributed by atoms with van der Waals surface area (Å²) >= 11 is 0. The van der Waals surface area contributed by atoms with Gasteiger partial charge in [-0.25, -0.2) is 4.98 Å². The van der Waals surface area contributed by atoms with Crippen molar-refractivity contribution in [3.05, 3.63) is 42.5 Å². The van der Waals surface area contributed by atoms with E-state index in [9.17, 15) is 4.79 Å². The lowest BCUT2D eigenvalue weighted by molar-refractivity contribution is -0.131. The van der Waals surface area contributed by atoms with E-state index in [2.05, 4.69) is 13.8 Å². The molecule has 0 radical (unpaired) electrons. The summed E-state index contributed by atoms with van der Waals surface area (Å²) in [6.07, 6.45) is 1.89. The number of hydrogen-bond acceptors (Lipinski definition) is 4. The monoisotopic (exact) mass is 395 g/mol. The smallest absolute Gasteiger partial charge is 0.242 e. The molecule has 6 heteroatoms. The van der Waals surface area contributed by atoms with Gasteiger partial charge in [0.25, 0.3) is 0 Å². The molecular weight excluding hydrogens is 366 g/mol. The van der Waals surface area contributed by atoms with Crippen LogP contribution in [0.25, 0.3) is 22.4 Å². The predicted octanol–water partition coefficient (Wildman–Crippen LogP) is 4.37. The Morgan fingerprint density at radius 2 is 1.69 bits per heavy atom. The molecular formula is C23H29N3O3. The highest BCUT2D eigenvalue weighted by molar-refractivity contribution is 5.84. The van der Waals surface area contributed by atoms with Crippen molar-refractivity contribution >= 4 is 16.9 Å². The number of aromatic nitrogens is 2. The minimum atomic E-state index is 0.110. The van der Waals surface area contributed by atoms with E-state index in [0.29, 0.717) is 11.5 Å². The van der Waals surface area contributed by atoms with E-state index >= 15 is 0 Å². The number of hydrogen-bond donors (Lipinski definition) is 0. The van der Waals surface area contributed by atoms with Gasteiger partial charge in [-0.3, -0.25) is 4.79 Å². The van der Waals surface area contributed by atoms with Crippen LogP contribution in [0.1, 0.15) is 26.7 Å². The van der Waals surface area contributed by atoms with E-state index in [1.807, 2.05) is 51.9 Å². The minimum absolute atomic E-state index is 0.110. The van der Waals surface area contributed by atoms with Crippen molar-refractivity contribution in [3.8, 4) is 22.9 Å². The van der Waals surface area contributed by atoms with Crippen LogP contribution in [-0.4, -0.2) is 47.7 Å². The summed E-state index contributed by atoms with van der Waals surface area (Å²) in [5.41, 5.74) is 2.69. The number of carbonyl (C=O) groups is 1. The molecule has 0 N–H and O–H groups in total. The molecule has 3 rings (SSSR count). The van der Waals surface area contributed by atoms with Crippen LogP contribution in [0.5, 0.6) is 11.5 Å². The molecule has 1 amide bonds. The third kappa shape index (κ3) is 4.36. The van der Waals surface area contributed by atoms with Crippen LogP contribution < -0.4 is 9.47 Å². The molecule has 154 valence electrons. The van der Waals surface area contributed by atoms with E-state index in [1.54, 1.807) is 14.2 Å². The van der Waals surface area contributed by atoms with Crippen LogP contribution in [0.2, 0.25) is 0 Å². The fraction of sp³-hybridized carbons (Fsp3) is 0.391. The molecule has 0 saturated carbocycles. The third-order valence-electron chi connectivity index (χ3n) is 4.93. The maximum Gasteiger partial charge on any atom is 0.242 e. The number of imidazole rings is 1. The highest BCUT2D eigenvalue weighted by Gasteiger charge is 2.19. The first-order chi connectivity index (χ1) is 14.1. The molecule has 0 spiro atoms. The molecule has 1 aromatic heterocycles. The summed E-state index contributed by atoms with van der Waals surface area (Å²) in [6, 6.07) is 13.6. The van der Waals surface area contributed by atoms with Crippen molar-refractivity contribution in [2.24, 2.45) is 0 Å². The van der Waals surface area contributed by atoms with Crippen LogP contribution >= 0.6 is 0 Å². The molecule has 0 saturated heterocycles. The Morgan fingerprint density at radius 3 is 2.34 bits per heavy atom. The molecule has 0 bridgehead atoms. The summed E-state index contributed by atoms with van der Waals surface area (Å²) < 4.78 is 12.8. The molecule has 0 atom stereocenters. The molecule has 0 aliphatic carbocycles. The molecule has 1 heterocycles. The fourth-order valence-corrected chi connectivity index (χ4v) is 3.57. The van der Waals surface area contributed by atoms with E-state index in [-0.39, 0.29) is 12.5 Å². The number of methoxy groups -OCH3 is 2. The summed E-state index contributed by atoms with van der Waals surface area (Å²) in [6.45, 7) is 5.98. The van der Waals surface area contributed by atoms with Crippen molar-refractivity contribution in [1.29, 1.82) is 0 Å². The fourth-order valence-electron chi connectivity index (χ4n) is 3.57. The Bertz CT molecular complexity index is 975. The van der Waals surface area contributed by atoms with Crippen molar-refractivity contribution in [2.75, 3.05) is 27.3 Å². The van der Waals surface area contributed by atoms with Gasteiger partial charge in [0.05, 0.1) is 25.3 Å². The van der Waals surface area contributed by atoms with Gasteiger partial charge in [0.15, 0.2) is 11.5 Å². The Hall–Kier alpha value is -3.02. The lowest BCUT2D eigenvalue weighted by Gasteiger charge is -2.22. The van der Waals surface area contributed by atoms with Gasteiger partial charge < -0.3 is 18.9 Å². The van der Waals surface area contributed by atoms with Gasteiger partial charge in [0.1, 0.15) is 12.4 Å².